The molecule has 0 fully saturated rings. The molecule has 3 aromatic carbocycles. The van der Waals surface area contributed by atoms with E-state index in [-0.39, 0.29) is 0 Å². The van der Waals surface area contributed by atoms with E-state index in [9.17, 15) is 5.26 Å². The Morgan fingerprint density at radius 1 is 0.724 bits per heavy atom. The normalized spacial score (nSPS) is 10.6. The first-order valence-electron chi connectivity index (χ1n) is 9.41. The molecule has 0 bridgehead atoms. The molecule has 0 unspecified atom stereocenters. The van der Waals surface area contributed by atoms with Crippen LogP contribution in [0.25, 0.3) is 33.6 Å². The number of nitriles is 1. The molecule has 29 heavy (non-hydrogen) atoms. The molecule has 0 saturated heterocycles. The van der Waals surface area contributed by atoms with Gasteiger partial charge in [-0.2, -0.15) is 5.26 Å². The zero-order chi connectivity index (χ0) is 20.4. The summed E-state index contributed by atoms with van der Waals surface area (Å²) in [7, 11) is 0. The number of rotatable bonds is 3. The van der Waals surface area contributed by atoms with E-state index >= 15 is 0 Å². The Morgan fingerprint density at radius 3 is 1.93 bits per heavy atom. The second-order valence-corrected chi connectivity index (χ2v) is 7.47. The predicted octanol–water partition coefficient (Wildman–Crippen LogP) is 7.22. The number of pyridine rings is 1. The van der Waals surface area contributed by atoms with Crippen LogP contribution in [0.5, 0.6) is 0 Å². The first-order chi connectivity index (χ1) is 14.1. The maximum absolute atomic E-state index is 10.1. The van der Waals surface area contributed by atoms with Crippen LogP contribution in [0.3, 0.4) is 0 Å². The summed E-state index contributed by atoms with van der Waals surface area (Å²) in [6.45, 7) is 4.07. The van der Waals surface area contributed by atoms with E-state index in [1.807, 2.05) is 92.7 Å². The molecule has 0 atom stereocenters. The van der Waals surface area contributed by atoms with Crippen molar-refractivity contribution in [3.05, 3.63) is 101 Å². The summed E-state index contributed by atoms with van der Waals surface area (Å²) in [5, 5.41) is 10.8. The number of aromatic nitrogens is 1. The molecule has 0 saturated carbocycles. The SMILES string of the molecule is Cc1ccc(-c2nc(-c3ccccc3)c(C)c(-c3ccc(Cl)cc3)c2C#N)cc1. The highest BCUT2D eigenvalue weighted by Gasteiger charge is 2.20. The van der Waals surface area contributed by atoms with Gasteiger partial charge in [-0.25, -0.2) is 4.98 Å². The molecular formula is C26H19ClN2. The lowest BCUT2D eigenvalue weighted by molar-refractivity contribution is 1.25. The van der Waals surface area contributed by atoms with Crippen molar-refractivity contribution < 1.29 is 0 Å². The summed E-state index contributed by atoms with van der Waals surface area (Å²) in [4.78, 5) is 4.97. The zero-order valence-electron chi connectivity index (χ0n) is 16.3. The van der Waals surface area contributed by atoms with Crippen molar-refractivity contribution in [2.75, 3.05) is 0 Å². The van der Waals surface area contributed by atoms with E-state index in [2.05, 4.69) is 6.07 Å². The van der Waals surface area contributed by atoms with Gasteiger partial charge in [-0.15, -0.1) is 0 Å². The lowest BCUT2D eigenvalue weighted by Crippen LogP contribution is -2.01. The average molecular weight is 395 g/mol. The lowest BCUT2D eigenvalue weighted by Gasteiger charge is -2.17. The van der Waals surface area contributed by atoms with Crippen LogP contribution in [0.15, 0.2) is 78.9 Å². The van der Waals surface area contributed by atoms with Gasteiger partial charge in [-0.1, -0.05) is 83.9 Å². The van der Waals surface area contributed by atoms with Gasteiger partial charge < -0.3 is 0 Å². The molecule has 0 spiro atoms. The van der Waals surface area contributed by atoms with E-state index in [1.165, 1.54) is 5.56 Å². The molecule has 140 valence electrons. The number of benzene rings is 3. The molecule has 1 heterocycles. The third-order valence-electron chi connectivity index (χ3n) is 5.06. The van der Waals surface area contributed by atoms with Crippen LogP contribution in [0.2, 0.25) is 5.02 Å². The summed E-state index contributed by atoms with van der Waals surface area (Å²) in [6.07, 6.45) is 0. The topological polar surface area (TPSA) is 36.7 Å². The van der Waals surface area contributed by atoms with Crippen molar-refractivity contribution in [1.82, 2.24) is 4.98 Å². The van der Waals surface area contributed by atoms with Crippen molar-refractivity contribution in [2.24, 2.45) is 0 Å². The largest absolute Gasteiger partial charge is 0.246 e. The molecule has 0 radical (unpaired) electrons. The molecule has 0 amide bonds. The molecule has 3 heteroatoms. The van der Waals surface area contributed by atoms with Gasteiger partial charge in [0, 0.05) is 21.7 Å². The van der Waals surface area contributed by atoms with Gasteiger partial charge in [0.1, 0.15) is 6.07 Å². The third kappa shape index (κ3) is 3.66. The minimum atomic E-state index is 0.577. The molecule has 0 aliphatic heterocycles. The quantitative estimate of drug-likeness (QED) is 0.367. The monoisotopic (exact) mass is 394 g/mol. The number of nitrogens with zero attached hydrogens (tertiary/aromatic N) is 2. The third-order valence-corrected chi connectivity index (χ3v) is 5.31. The second kappa shape index (κ2) is 7.91. The Balaban J connectivity index is 2.08. The molecule has 4 aromatic rings. The fraction of sp³-hybridized carbons (Fsp3) is 0.0769. The van der Waals surface area contributed by atoms with E-state index in [0.29, 0.717) is 16.3 Å². The summed E-state index contributed by atoms with van der Waals surface area (Å²) in [5.41, 5.74) is 8.11. The second-order valence-electron chi connectivity index (χ2n) is 7.03. The molecular weight excluding hydrogens is 376 g/mol. The van der Waals surface area contributed by atoms with Gasteiger partial charge in [0.2, 0.25) is 0 Å². The molecule has 4 rings (SSSR count). The zero-order valence-corrected chi connectivity index (χ0v) is 17.0. The number of hydrogen-bond donors (Lipinski definition) is 0. The van der Waals surface area contributed by atoms with Crippen molar-refractivity contribution in [3.63, 3.8) is 0 Å². The van der Waals surface area contributed by atoms with Crippen molar-refractivity contribution >= 4 is 11.6 Å². The fourth-order valence-corrected chi connectivity index (χ4v) is 3.69. The van der Waals surface area contributed by atoms with Gasteiger partial charge in [0.15, 0.2) is 0 Å². The minimum absolute atomic E-state index is 0.577. The van der Waals surface area contributed by atoms with Gasteiger partial charge in [-0.3, -0.25) is 0 Å². The highest BCUT2D eigenvalue weighted by atomic mass is 35.5. The van der Waals surface area contributed by atoms with Gasteiger partial charge in [-0.05, 0) is 37.1 Å². The summed E-state index contributed by atoms with van der Waals surface area (Å²) >= 11 is 6.10. The van der Waals surface area contributed by atoms with Gasteiger partial charge in [0.05, 0.1) is 17.0 Å². The van der Waals surface area contributed by atoms with Crippen LogP contribution < -0.4 is 0 Å². The van der Waals surface area contributed by atoms with E-state index in [4.69, 9.17) is 16.6 Å². The molecule has 0 aliphatic rings. The van der Waals surface area contributed by atoms with Crippen molar-refractivity contribution in [3.8, 4) is 39.7 Å². The van der Waals surface area contributed by atoms with Crippen LogP contribution >= 0.6 is 11.6 Å². The number of hydrogen-bond acceptors (Lipinski definition) is 2. The summed E-state index contributed by atoms with van der Waals surface area (Å²) in [6, 6.07) is 28.3. The van der Waals surface area contributed by atoms with E-state index in [0.717, 1.165) is 33.5 Å². The average Bonchev–Trinajstić information content (AvgIpc) is 2.75. The first kappa shape index (κ1) is 18.9. The highest BCUT2D eigenvalue weighted by Crippen LogP contribution is 2.38. The summed E-state index contributed by atoms with van der Waals surface area (Å²) < 4.78 is 0. The highest BCUT2D eigenvalue weighted by molar-refractivity contribution is 6.30. The van der Waals surface area contributed by atoms with Gasteiger partial charge >= 0.3 is 0 Å². The molecule has 2 nitrogen and oxygen atoms in total. The van der Waals surface area contributed by atoms with Crippen LogP contribution in [0, 0.1) is 25.2 Å². The van der Waals surface area contributed by atoms with Crippen LogP contribution in [-0.4, -0.2) is 4.98 Å². The maximum Gasteiger partial charge on any atom is 0.102 e. The van der Waals surface area contributed by atoms with E-state index in [1.54, 1.807) is 0 Å². The Morgan fingerprint density at radius 2 is 1.31 bits per heavy atom. The number of halogens is 1. The lowest BCUT2D eigenvalue weighted by atomic mass is 9.90. The van der Waals surface area contributed by atoms with Crippen LogP contribution in [0.4, 0.5) is 0 Å². The van der Waals surface area contributed by atoms with Crippen molar-refractivity contribution in [2.45, 2.75) is 13.8 Å². The standard InChI is InChI=1S/C26H19ClN2/c1-17-8-10-21(11-9-17)26-23(16-28)24(19-12-14-22(27)15-13-19)18(2)25(29-26)20-6-4-3-5-7-20/h3-15H,1-2H3. The minimum Gasteiger partial charge on any atom is -0.246 e. The van der Waals surface area contributed by atoms with Crippen molar-refractivity contribution in [1.29, 1.82) is 5.26 Å². The smallest absolute Gasteiger partial charge is 0.102 e. The van der Waals surface area contributed by atoms with E-state index < -0.39 is 0 Å². The Bertz CT molecular complexity index is 1200. The number of aryl methyl sites for hydroxylation is 1. The maximum atomic E-state index is 10.1. The van der Waals surface area contributed by atoms with Crippen LogP contribution in [-0.2, 0) is 0 Å². The molecule has 1 aromatic heterocycles. The Kier molecular flexibility index (Phi) is 5.16. The molecule has 0 aliphatic carbocycles. The Labute approximate surface area is 176 Å². The Hall–Kier alpha value is -3.41. The predicted molar refractivity (Wildman–Crippen MR) is 120 cm³/mol. The van der Waals surface area contributed by atoms with Crippen LogP contribution in [0.1, 0.15) is 16.7 Å². The van der Waals surface area contributed by atoms with Gasteiger partial charge in [0.25, 0.3) is 0 Å². The molecule has 0 N–H and O–H groups in total. The first-order valence-corrected chi connectivity index (χ1v) is 9.79. The fourth-order valence-electron chi connectivity index (χ4n) is 3.56. The summed E-state index contributed by atoms with van der Waals surface area (Å²) in [5.74, 6) is 0.